The number of carbonyl (C=O) groups is 2. The molecule has 8 heteroatoms. The Hall–Kier alpha value is -2.24. The van der Waals surface area contributed by atoms with Gasteiger partial charge in [0.1, 0.15) is 5.78 Å². The number of nitrogens with zero attached hydrogens (tertiary/aromatic N) is 2. The summed E-state index contributed by atoms with van der Waals surface area (Å²) >= 11 is 0. The number of hydrogen-bond acceptors (Lipinski definition) is 5. The van der Waals surface area contributed by atoms with E-state index in [0.29, 0.717) is 17.5 Å². The first kappa shape index (κ1) is 24.9. The first-order valence-electron chi connectivity index (χ1n) is 12.3. The highest BCUT2D eigenvalue weighted by atomic mass is 32.2. The van der Waals surface area contributed by atoms with Crippen molar-refractivity contribution in [3.05, 3.63) is 30.0 Å². The standard InChI is InChI=1S/C21H30O2.C5H5N3O2S/c1-13(22)17-6-7-18-16-5-4-14-12-15(23)8-10-20(14,2)19(16)9-11-21(17,18)3;6-4-8-3-1-2-5(8)11(7,9)10/h12,16-19H,4-11H2,1-3H3;1-3H,(H2,7,9,10)/t16-,17+,18-,19-,20-,21+;/m0./s1. The minimum absolute atomic E-state index is 0.194. The van der Waals surface area contributed by atoms with Crippen LogP contribution < -0.4 is 5.14 Å². The lowest BCUT2D eigenvalue weighted by Crippen LogP contribution is -2.51. The Kier molecular flexibility index (Phi) is 6.41. The number of fused-ring (bicyclic) bond motifs is 5. The topological polar surface area (TPSA) is 123 Å². The Morgan fingerprint density at radius 3 is 2.50 bits per heavy atom. The summed E-state index contributed by atoms with van der Waals surface area (Å²) in [5.74, 6) is 3.29. The average Bonchev–Trinajstić information content (AvgIpc) is 3.38. The van der Waals surface area contributed by atoms with Crippen molar-refractivity contribution in [1.29, 1.82) is 5.26 Å². The van der Waals surface area contributed by atoms with E-state index in [4.69, 9.17) is 10.4 Å². The van der Waals surface area contributed by atoms with Crippen LogP contribution in [0.1, 0.15) is 72.1 Å². The number of carbonyl (C=O) groups excluding carboxylic acids is 2. The van der Waals surface area contributed by atoms with Crippen molar-refractivity contribution in [2.45, 2.75) is 77.2 Å². The Morgan fingerprint density at radius 2 is 1.88 bits per heavy atom. The SMILES string of the molecule is CC(=O)[C@H]1CC[C@H]2[C@@H]3CCC4=CC(=O)CC[C@]4(C)[C@H]3CC[C@]12C.N#Cn1cccc1S(N)(=O)=O. The molecule has 0 saturated heterocycles. The molecule has 2 N–H and O–H groups in total. The van der Waals surface area contributed by atoms with Gasteiger partial charge in [-0.2, -0.15) is 5.26 Å². The number of aromatic nitrogens is 1. The van der Waals surface area contributed by atoms with Crippen LogP contribution in [0.2, 0.25) is 0 Å². The quantitative estimate of drug-likeness (QED) is 0.673. The van der Waals surface area contributed by atoms with Gasteiger partial charge in [-0.15, -0.1) is 0 Å². The second-order valence-electron chi connectivity index (χ2n) is 11.1. The summed E-state index contributed by atoms with van der Waals surface area (Å²) in [5.41, 5.74) is 1.95. The third kappa shape index (κ3) is 4.07. The Balaban J connectivity index is 0.000000210. The van der Waals surface area contributed by atoms with E-state index in [9.17, 15) is 18.0 Å². The highest BCUT2D eigenvalue weighted by Crippen LogP contribution is 2.66. The van der Waals surface area contributed by atoms with Crippen LogP contribution >= 0.6 is 0 Å². The first-order valence-corrected chi connectivity index (χ1v) is 13.8. The van der Waals surface area contributed by atoms with Crippen LogP contribution in [0.25, 0.3) is 0 Å². The van der Waals surface area contributed by atoms with Crippen LogP contribution in [0.4, 0.5) is 0 Å². The third-order valence-corrected chi connectivity index (χ3v) is 10.5. The van der Waals surface area contributed by atoms with E-state index in [0.717, 1.165) is 48.0 Å². The minimum atomic E-state index is -3.76. The van der Waals surface area contributed by atoms with Crippen molar-refractivity contribution in [3.8, 4) is 6.19 Å². The third-order valence-electron chi connectivity index (χ3n) is 9.56. The summed E-state index contributed by atoms with van der Waals surface area (Å²) in [5, 5.41) is 12.9. The van der Waals surface area contributed by atoms with Gasteiger partial charge in [-0.25, -0.2) is 18.1 Å². The predicted molar refractivity (Wildman–Crippen MR) is 128 cm³/mol. The maximum absolute atomic E-state index is 12.1. The molecule has 184 valence electrons. The number of Topliss-reactive ketones (excluding diaryl/α,β-unsaturated/α-hetero) is 1. The molecule has 0 amide bonds. The molecule has 0 radical (unpaired) electrons. The molecular formula is C26H35N3O4S. The molecule has 0 unspecified atom stereocenters. The molecule has 34 heavy (non-hydrogen) atoms. The molecule has 1 aromatic heterocycles. The Bertz CT molecular complexity index is 1180. The fourth-order valence-electron chi connectivity index (χ4n) is 7.91. The smallest absolute Gasteiger partial charge is 0.254 e. The van der Waals surface area contributed by atoms with Crippen molar-refractivity contribution in [2.75, 3.05) is 0 Å². The second kappa shape index (κ2) is 8.76. The van der Waals surface area contributed by atoms with Gasteiger partial charge < -0.3 is 0 Å². The van der Waals surface area contributed by atoms with Gasteiger partial charge in [0.25, 0.3) is 10.0 Å². The Morgan fingerprint density at radius 1 is 1.15 bits per heavy atom. The number of primary sulfonamides is 1. The van der Waals surface area contributed by atoms with Crippen molar-refractivity contribution in [3.63, 3.8) is 0 Å². The molecule has 4 aliphatic carbocycles. The molecule has 1 aromatic rings. The van der Waals surface area contributed by atoms with Gasteiger partial charge in [0.15, 0.2) is 17.0 Å². The molecule has 4 aliphatic rings. The van der Waals surface area contributed by atoms with Crippen molar-refractivity contribution < 1.29 is 18.0 Å². The number of hydrogen-bond donors (Lipinski definition) is 1. The lowest BCUT2D eigenvalue weighted by molar-refractivity contribution is -0.128. The Labute approximate surface area is 202 Å². The van der Waals surface area contributed by atoms with E-state index in [1.807, 2.05) is 6.08 Å². The lowest BCUT2D eigenvalue weighted by Gasteiger charge is -2.58. The summed E-state index contributed by atoms with van der Waals surface area (Å²) in [6.07, 6.45) is 13.9. The zero-order valence-corrected chi connectivity index (χ0v) is 21.1. The molecule has 0 spiro atoms. The van der Waals surface area contributed by atoms with Gasteiger partial charge in [-0.3, -0.25) is 9.59 Å². The second-order valence-corrected chi connectivity index (χ2v) is 12.6. The molecule has 6 atom stereocenters. The van der Waals surface area contributed by atoms with Crippen LogP contribution in [0, 0.1) is 46.0 Å². The summed E-state index contributed by atoms with van der Waals surface area (Å²) in [6.45, 7) is 6.65. The fourth-order valence-corrected chi connectivity index (χ4v) is 8.55. The summed E-state index contributed by atoms with van der Waals surface area (Å²) in [6, 6.07) is 2.70. The maximum Gasteiger partial charge on any atom is 0.254 e. The maximum atomic E-state index is 12.1. The molecule has 3 saturated carbocycles. The monoisotopic (exact) mass is 485 g/mol. The molecular weight excluding hydrogens is 450 g/mol. The summed E-state index contributed by atoms with van der Waals surface area (Å²) in [7, 11) is -3.76. The predicted octanol–water partition coefficient (Wildman–Crippen LogP) is 4.19. The van der Waals surface area contributed by atoms with E-state index in [2.05, 4.69) is 13.8 Å². The van der Waals surface area contributed by atoms with E-state index < -0.39 is 10.0 Å². The first-order chi connectivity index (χ1) is 15.9. The van der Waals surface area contributed by atoms with E-state index >= 15 is 0 Å². The average molecular weight is 486 g/mol. The van der Waals surface area contributed by atoms with E-state index in [1.165, 1.54) is 49.6 Å². The van der Waals surface area contributed by atoms with Crippen LogP contribution in [-0.2, 0) is 19.6 Å². The van der Waals surface area contributed by atoms with Gasteiger partial charge in [-0.1, -0.05) is 19.4 Å². The molecule has 1 heterocycles. The number of ketones is 2. The van der Waals surface area contributed by atoms with Gasteiger partial charge in [-0.05, 0) is 98.7 Å². The van der Waals surface area contributed by atoms with Gasteiger partial charge in [0, 0.05) is 18.5 Å². The summed E-state index contributed by atoms with van der Waals surface area (Å²) < 4.78 is 22.2. The van der Waals surface area contributed by atoms with Crippen LogP contribution in [0.5, 0.6) is 0 Å². The molecule has 3 fully saturated rings. The highest BCUT2D eigenvalue weighted by Gasteiger charge is 2.59. The molecule has 5 rings (SSSR count). The van der Waals surface area contributed by atoms with Crippen molar-refractivity contribution >= 4 is 21.6 Å². The molecule has 7 nitrogen and oxygen atoms in total. The fraction of sp³-hybridized carbons (Fsp3) is 0.654. The number of sulfonamides is 1. The van der Waals surface area contributed by atoms with E-state index in [1.54, 1.807) is 13.1 Å². The molecule has 0 bridgehead atoms. The van der Waals surface area contributed by atoms with Crippen molar-refractivity contribution in [2.24, 2.45) is 39.6 Å². The highest BCUT2D eigenvalue weighted by molar-refractivity contribution is 7.89. The largest absolute Gasteiger partial charge is 0.300 e. The molecule has 0 aromatic carbocycles. The van der Waals surface area contributed by atoms with Crippen LogP contribution in [-0.4, -0.2) is 24.6 Å². The number of rotatable bonds is 2. The molecule has 0 aliphatic heterocycles. The van der Waals surface area contributed by atoms with Crippen molar-refractivity contribution in [1.82, 2.24) is 4.57 Å². The number of allylic oxidation sites excluding steroid dienone is 1. The summed E-state index contributed by atoms with van der Waals surface area (Å²) in [4.78, 5) is 24.0. The van der Waals surface area contributed by atoms with Gasteiger partial charge >= 0.3 is 0 Å². The van der Waals surface area contributed by atoms with Gasteiger partial charge in [0.2, 0.25) is 0 Å². The van der Waals surface area contributed by atoms with Crippen LogP contribution in [0.3, 0.4) is 0 Å². The van der Waals surface area contributed by atoms with Gasteiger partial charge in [0.05, 0.1) is 0 Å². The number of nitrogens with two attached hydrogens (primary N) is 1. The zero-order chi connectivity index (χ0) is 24.9. The normalized spacial score (nSPS) is 36.7. The number of nitriles is 1. The minimum Gasteiger partial charge on any atom is -0.300 e. The van der Waals surface area contributed by atoms with E-state index in [-0.39, 0.29) is 15.9 Å². The zero-order valence-electron chi connectivity index (χ0n) is 20.3. The van der Waals surface area contributed by atoms with Crippen LogP contribution in [0.15, 0.2) is 35.0 Å². The lowest BCUT2D eigenvalue weighted by atomic mass is 9.47.